The highest BCUT2D eigenvalue weighted by Crippen LogP contribution is 2.42. The zero-order chi connectivity index (χ0) is 40.2. The van der Waals surface area contributed by atoms with E-state index in [-0.39, 0.29) is 30.2 Å². The Kier molecular flexibility index (Phi) is 11.6. The Bertz CT molecular complexity index is 2370. The number of thiazole rings is 1. The molecule has 0 radical (unpaired) electrons. The van der Waals surface area contributed by atoms with Crippen molar-refractivity contribution in [3.8, 4) is 5.75 Å². The number of pyridine rings is 1. The summed E-state index contributed by atoms with van der Waals surface area (Å²) in [7, 11) is 1.04. The predicted octanol–water partition coefficient (Wildman–Crippen LogP) is 6.22. The zero-order valence-electron chi connectivity index (χ0n) is 32.1. The summed E-state index contributed by atoms with van der Waals surface area (Å²) < 4.78 is 40.6. The Morgan fingerprint density at radius 1 is 0.947 bits per heavy atom. The van der Waals surface area contributed by atoms with Crippen LogP contribution in [0.5, 0.6) is 5.75 Å². The normalized spacial score (nSPS) is 15.1. The fourth-order valence-electron chi connectivity index (χ4n) is 7.37. The smallest absolute Gasteiger partial charge is 0.329 e. The van der Waals surface area contributed by atoms with Gasteiger partial charge < -0.3 is 24.6 Å². The number of carbonyl (C=O) groups excluding carboxylic acids is 2. The summed E-state index contributed by atoms with van der Waals surface area (Å²) >= 11 is 1.00. The number of benzene rings is 4. The molecule has 3 heterocycles. The number of anilines is 2. The Morgan fingerprint density at radius 3 is 2.11 bits per heavy atom. The molecular formula is C43H44N6O6S2. The molecule has 6 aromatic rings. The van der Waals surface area contributed by atoms with E-state index < -0.39 is 39.5 Å². The summed E-state index contributed by atoms with van der Waals surface area (Å²) in [6.07, 6.45) is 3.25. The maximum Gasteiger partial charge on any atom is 0.329 e. The fourth-order valence-corrected chi connectivity index (χ4v) is 9.65. The SMILES string of the molecule is CCOC(=O)[C@@H](Cc1cc2ccnc(NC(c3ccccc3)(c3ccccc3)c3ccccc3)c2cc1OC)N1CC[C@H](NS(=O)(=O)c2cnc(N(C)C)s2)C1=O. The van der Waals surface area contributed by atoms with Gasteiger partial charge in [0.25, 0.3) is 10.0 Å². The van der Waals surface area contributed by atoms with E-state index in [1.807, 2.05) is 72.8 Å². The lowest BCUT2D eigenvalue weighted by molar-refractivity contribution is -0.153. The third-order valence-corrected chi connectivity index (χ3v) is 13.2. The lowest BCUT2D eigenvalue weighted by Crippen LogP contribution is -2.48. The quantitative estimate of drug-likeness (QED) is 0.0907. The molecule has 1 aliphatic rings. The summed E-state index contributed by atoms with van der Waals surface area (Å²) in [6.45, 7) is 1.96. The summed E-state index contributed by atoms with van der Waals surface area (Å²) in [5, 5.41) is 6.00. The average molecular weight is 805 g/mol. The molecular weight excluding hydrogens is 761 g/mol. The first kappa shape index (κ1) is 39.4. The number of amides is 1. The van der Waals surface area contributed by atoms with Crippen LogP contribution in [0.4, 0.5) is 10.9 Å². The van der Waals surface area contributed by atoms with Crippen LogP contribution in [-0.2, 0) is 36.3 Å². The second kappa shape index (κ2) is 16.7. The number of carbonyl (C=O) groups is 2. The van der Waals surface area contributed by atoms with Crippen molar-refractivity contribution in [3.05, 3.63) is 144 Å². The van der Waals surface area contributed by atoms with Crippen LogP contribution in [0.2, 0.25) is 0 Å². The highest BCUT2D eigenvalue weighted by Gasteiger charge is 2.42. The lowest BCUT2D eigenvalue weighted by Gasteiger charge is -2.37. The number of aromatic nitrogens is 2. The second-order valence-corrected chi connectivity index (χ2v) is 16.8. The predicted molar refractivity (Wildman–Crippen MR) is 222 cm³/mol. The molecule has 1 fully saturated rings. The molecule has 57 heavy (non-hydrogen) atoms. The van der Waals surface area contributed by atoms with Gasteiger partial charge in [-0.1, -0.05) is 102 Å². The van der Waals surface area contributed by atoms with Crippen molar-refractivity contribution in [3.63, 3.8) is 0 Å². The highest BCUT2D eigenvalue weighted by molar-refractivity contribution is 7.91. The molecule has 12 nitrogen and oxygen atoms in total. The fraction of sp³-hybridized carbons (Fsp3) is 0.256. The minimum atomic E-state index is -4.05. The van der Waals surface area contributed by atoms with Crippen LogP contribution in [0.1, 0.15) is 35.6 Å². The first-order valence-corrected chi connectivity index (χ1v) is 20.9. The summed E-state index contributed by atoms with van der Waals surface area (Å²) in [4.78, 5) is 39.6. The molecule has 2 atom stereocenters. The first-order valence-electron chi connectivity index (χ1n) is 18.6. The van der Waals surface area contributed by atoms with Gasteiger partial charge >= 0.3 is 5.97 Å². The van der Waals surface area contributed by atoms with Gasteiger partial charge in [0.2, 0.25) is 5.91 Å². The minimum Gasteiger partial charge on any atom is -0.496 e. The second-order valence-electron chi connectivity index (χ2n) is 13.8. The van der Waals surface area contributed by atoms with E-state index in [0.717, 1.165) is 38.8 Å². The van der Waals surface area contributed by atoms with Crippen molar-refractivity contribution in [2.45, 2.75) is 41.6 Å². The van der Waals surface area contributed by atoms with E-state index in [9.17, 15) is 18.0 Å². The van der Waals surface area contributed by atoms with Crippen LogP contribution in [0.15, 0.2) is 126 Å². The zero-order valence-corrected chi connectivity index (χ0v) is 33.7. The van der Waals surface area contributed by atoms with Gasteiger partial charge in [0.15, 0.2) is 9.34 Å². The van der Waals surface area contributed by atoms with Crippen molar-refractivity contribution < 1.29 is 27.5 Å². The van der Waals surface area contributed by atoms with Gasteiger partial charge in [0.05, 0.1) is 19.9 Å². The average Bonchev–Trinajstić information content (AvgIpc) is 3.88. The molecule has 7 rings (SSSR count). The molecule has 294 valence electrons. The van der Waals surface area contributed by atoms with Crippen LogP contribution in [-0.4, -0.2) is 81.6 Å². The van der Waals surface area contributed by atoms with E-state index >= 15 is 0 Å². The van der Waals surface area contributed by atoms with E-state index in [1.54, 1.807) is 39.2 Å². The van der Waals surface area contributed by atoms with Crippen molar-refractivity contribution in [2.75, 3.05) is 44.6 Å². The Labute approximate surface area is 336 Å². The molecule has 1 saturated heterocycles. The van der Waals surface area contributed by atoms with E-state index in [1.165, 1.54) is 11.1 Å². The van der Waals surface area contributed by atoms with Crippen LogP contribution < -0.4 is 19.7 Å². The van der Waals surface area contributed by atoms with Gasteiger partial charge in [-0.05, 0) is 59.2 Å². The number of sulfonamides is 1. The molecule has 0 bridgehead atoms. The summed E-state index contributed by atoms with van der Waals surface area (Å²) in [5.41, 5.74) is 2.88. The number of likely N-dealkylation sites (tertiary alicyclic amines) is 1. The van der Waals surface area contributed by atoms with Crippen LogP contribution >= 0.6 is 11.3 Å². The number of nitrogens with one attached hydrogen (secondary N) is 2. The van der Waals surface area contributed by atoms with E-state index in [4.69, 9.17) is 14.5 Å². The summed E-state index contributed by atoms with van der Waals surface area (Å²) in [5.74, 6) is -0.00347. The molecule has 0 aliphatic carbocycles. The minimum absolute atomic E-state index is 0.00260. The van der Waals surface area contributed by atoms with Crippen LogP contribution in [0.3, 0.4) is 0 Å². The number of methoxy groups -OCH3 is 1. The largest absolute Gasteiger partial charge is 0.496 e. The molecule has 1 amide bonds. The maximum atomic E-state index is 13.9. The van der Waals surface area contributed by atoms with Gasteiger partial charge in [-0.25, -0.2) is 23.2 Å². The van der Waals surface area contributed by atoms with Crippen molar-refractivity contribution in [2.24, 2.45) is 0 Å². The van der Waals surface area contributed by atoms with Crippen molar-refractivity contribution in [1.29, 1.82) is 0 Å². The van der Waals surface area contributed by atoms with Crippen LogP contribution in [0, 0.1) is 0 Å². The molecule has 2 N–H and O–H groups in total. The highest BCUT2D eigenvalue weighted by atomic mass is 32.2. The first-order chi connectivity index (χ1) is 27.6. The van der Waals surface area contributed by atoms with Gasteiger partial charge in [-0.2, -0.15) is 4.72 Å². The Balaban J connectivity index is 1.24. The number of hydrogen-bond acceptors (Lipinski definition) is 11. The van der Waals surface area contributed by atoms with Crippen molar-refractivity contribution in [1.82, 2.24) is 19.6 Å². The van der Waals surface area contributed by atoms with Crippen molar-refractivity contribution >= 4 is 55.0 Å². The molecule has 0 saturated carbocycles. The van der Waals surface area contributed by atoms with E-state index in [2.05, 4.69) is 51.4 Å². The van der Waals surface area contributed by atoms with Crippen LogP contribution in [0.25, 0.3) is 10.8 Å². The molecule has 0 unspecified atom stereocenters. The monoisotopic (exact) mass is 804 g/mol. The number of fused-ring (bicyclic) bond motifs is 1. The van der Waals surface area contributed by atoms with E-state index in [0.29, 0.717) is 22.3 Å². The number of rotatable bonds is 15. The number of nitrogens with zero attached hydrogens (tertiary/aromatic N) is 4. The topological polar surface area (TPSA) is 143 Å². The number of ether oxygens (including phenoxy) is 2. The molecule has 1 aliphatic heterocycles. The molecule has 2 aromatic heterocycles. The third kappa shape index (κ3) is 7.93. The molecule has 0 spiro atoms. The van der Waals surface area contributed by atoms with Gasteiger partial charge in [-0.15, -0.1) is 0 Å². The molecule has 4 aromatic carbocycles. The third-order valence-electron chi connectivity index (χ3n) is 10.1. The number of hydrogen-bond donors (Lipinski definition) is 2. The summed E-state index contributed by atoms with van der Waals surface area (Å²) in [6, 6.07) is 34.3. The lowest BCUT2D eigenvalue weighted by atomic mass is 9.77. The van der Waals surface area contributed by atoms with Gasteiger partial charge in [0.1, 0.15) is 29.2 Å². The maximum absolute atomic E-state index is 13.9. The Hall–Kier alpha value is -5.83. The number of esters is 1. The standard InChI is InChI=1S/C43H44N6O6S2/c1-5-55-41(51)36(49-24-22-35(40(49)50)47-57(52,53)38-28-45-42(56-38)48(2)3)26-30-25-29-21-23-44-39(34(29)27-37(30)54-4)46-43(31-15-9-6-10-16-31,32-17-11-7-12-18-32)33-19-13-8-14-20-33/h6-21,23,25,27-28,35-36,47H,5,22,24,26H2,1-4H3,(H,44,46)/t35-,36+/m0/s1. The Morgan fingerprint density at radius 2 is 1.56 bits per heavy atom. The van der Waals surface area contributed by atoms with Gasteiger partial charge in [-0.3, -0.25) is 4.79 Å². The molecule has 14 heteroatoms. The van der Waals surface area contributed by atoms with Gasteiger partial charge in [0, 0.05) is 38.6 Å².